The van der Waals surface area contributed by atoms with Crippen LogP contribution in [0.4, 0.5) is 10.2 Å². The topological polar surface area (TPSA) is 92.1 Å². The molecule has 1 fully saturated rings. The average molecular weight is 438 g/mol. The zero-order valence-electron chi connectivity index (χ0n) is 18.5. The van der Waals surface area contributed by atoms with E-state index in [1.807, 2.05) is 37.7 Å². The molecular weight excluding hydrogens is 409 g/mol. The molecule has 168 valence electrons. The second-order valence-corrected chi connectivity index (χ2v) is 8.33. The number of rotatable bonds is 8. The molecule has 0 radical (unpaired) electrons. The second kappa shape index (κ2) is 9.08. The van der Waals surface area contributed by atoms with Crippen molar-refractivity contribution in [3.8, 4) is 22.3 Å². The van der Waals surface area contributed by atoms with E-state index in [2.05, 4.69) is 20.7 Å². The van der Waals surface area contributed by atoms with E-state index in [-0.39, 0.29) is 24.3 Å². The van der Waals surface area contributed by atoms with Crippen LogP contribution in [0.25, 0.3) is 22.3 Å². The van der Waals surface area contributed by atoms with Gasteiger partial charge in [-0.05, 0) is 62.9 Å². The molecule has 7 nitrogen and oxygen atoms in total. The number of hydrogen-bond donors (Lipinski definition) is 3. The zero-order valence-corrected chi connectivity index (χ0v) is 18.5. The Bertz CT molecular complexity index is 1140. The molecule has 3 N–H and O–H groups in total. The summed E-state index contributed by atoms with van der Waals surface area (Å²) in [6.45, 7) is 6.39. The van der Waals surface area contributed by atoms with Crippen LogP contribution in [0.2, 0.25) is 0 Å². The maximum absolute atomic E-state index is 14.6. The Balaban J connectivity index is 1.77. The number of pyridine rings is 1. The third-order valence-electron chi connectivity index (χ3n) is 5.60. The number of aliphatic hydroxyl groups is 1. The highest BCUT2D eigenvalue weighted by molar-refractivity contribution is 5.96. The first-order valence-corrected chi connectivity index (χ1v) is 10.9. The van der Waals surface area contributed by atoms with E-state index in [9.17, 15) is 14.3 Å². The van der Waals surface area contributed by atoms with Crippen LogP contribution in [0.1, 0.15) is 42.6 Å². The molecule has 2 heterocycles. The van der Waals surface area contributed by atoms with Gasteiger partial charge in [-0.15, -0.1) is 0 Å². The van der Waals surface area contributed by atoms with Crippen molar-refractivity contribution in [1.29, 1.82) is 0 Å². The molecule has 0 spiro atoms. The van der Waals surface area contributed by atoms with Crippen LogP contribution in [0.15, 0.2) is 36.8 Å². The van der Waals surface area contributed by atoms with Gasteiger partial charge in [0.15, 0.2) is 0 Å². The minimum atomic E-state index is -0.531. The lowest BCUT2D eigenvalue weighted by Gasteiger charge is -2.17. The van der Waals surface area contributed by atoms with Crippen molar-refractivity contribution >= 4 is 11.7 Å². The third kappa shape index (κ3) is 4.65. The van der Waals surface area contributed by atoms with E-state index < -0.39 is 11.7 Å². The highest BCUT2D eigenvalue weighted by Gasteiger charge is 2.26. The summed E-state index contributed by atoms with van der Waals surface area (Å²) in [5, 5.41) is 19.9. The Hall–Kier alpha value is -3.26. The Labute approximate surface area is 186 Å². The largest absolute Gasteiger partial charge is 0.394 e. The lowest BCUT2D eigenvalue weighted by molar-refractivity contribution is 0.0947. The third-order valence-corrected chi connectivity index (χ3v) is 5.60. The number of amides is 1. The normalized spacial score (nSPS) is 14.3. The van der Waals surface area contributed by atoms with Gasteiger partial charge in [-0.2, -0.15) is 5.10 Å². The molecule has 32 heavy (non-hydrogen) atoms. The summed E-state index contributed by atoms with van der Waals surface area (Å²) in [5.74, 6) is -0.298. The van der Waals surface area contributed by atoms with E-state index in [0.29, 0.717) is 11.4 Å². The molecule has 2 aromatic heterocycles. The summed E-state index contributed by atoms with van der Waals surface area (Å²) < 4.78 is 16.4. The van der Waals surface area contributed by atoms with Gasteiger partial charge in [-0.1, -0.05) is 0 Å². The highest BCUT2D eigenvalue weighted by atomic mass is 19.1. The van der Waals surface area contributed by atoms with Crippen molar-refractivity contribution in [2.24, 2.45) is 0 Å². The standard InChI is InChI=1S/C24H28FN5O2/c1-4-30-12-17(11-27-30)20-8-16(10-26-23(20)28-15(3)13-31)19-9-21(22(25)7-14(19)2)24(32)29-18-5-6-18/h7-12,15,18,31H,4-6,13H2,1-3H3,(H,26,28)(H,29,32)/t15-/m0/s1. The molecule has 1 aliphatic rings. The Kier molecular flexibility index (Phi) is 6.23. The summed E-state index contributed by atoms with van der Waals surface area (Å²) in [6.07, 6.45) is 7.27. The van der Waals surface area contributed by atoms with Gasteiger partial charge >= 0.3 is 0 Å². The van der Waals surface area contributed by atoms with Crippen LogP contribution >= 0.6 is 0 Å². The minimum Gasteiger partial charge on any atom is -0.394 e. The molecule has 1 aliphatic carbocycles. The van der Waals surface area contributed by atoms with Gasteiger partial charge in [0.1, 0.15) is 11.6 Å². The van der Waals surface area contributed by atoms with Gasteiger partial charge in [-0.3, -0.25) is 9.48 Å². The molecule has 0 bridgehead atoms. The molecule has 0 unspecified atom stereocenters. The monoisotopic (exact) mass is 437 g/mol. The van der Waals surface area contributed by atoms with Gasteiger partial charge in [0.05, 0.1) is 18.4 Å². The maximum Gasteiger partial charge on any atom is 0.254 e. The quantitative estimate of drug-likeness (QED) is 0.499. The highest BCUT2D eigenvalue weighted by Crippen LogP contribution is 2.34. The number of halogens is 1. The molecule has 4 rings (SSSR count). The molecule has 8 heteroatoms. The molecular formula is C24H28FN5O2. The van der Waals surface area contributed by atoms with Crippen molar-refractivity contribution in [3.05, 3.63) is 53.7 Å². The summed E-state index contributed by atoms with van der Waals surface area (Å²) in [6, 6.07) is 4.92. The summed E-state index contributed by atoms with van der Waals surface area (Å²) >= 11 is 0. The number of aryl methyl sites for hydroxylation is 2. The van der Waals surface area contributed by atoms with E-state index in [4.69, 9.17) is 0 Å². The molecule has 1 aromatic carbocycles. The van der Waals surface area contributed by atoms with Gasteiger partial charge in [0.2, 0.25) is 0 Å². The molecule has 1 atom stereocenters. The SMILES string of the molecule is CCn1cc(-c2cc(-c3cc(C(=O)NC4CC4)c(F)cc3C)cnc2N[C@@H](C)CO)cn1. The molecule has 0 aliphatic heterocycles. The minimum absolute atomic E-state index is 0.0341. The first-order chi connectivity index (χ1) is 15.4. The van der Waals surface area contributed by atoms with Crippen molar-refractivity contribution < 1.29 is 14.3 Å². The van der Waals surface area contributed by atoms with Gasteiger partial charge in [0, 0.05) is 47.7 Å². The molecule has 1 amide bonds. The van der Waals surface area contributed by atoms with Crippen LogP contribution < -0.4 is 10.6 Å². The van der Waals surface area contributed by atoms with E-state index >= 15 is 0 Å². The number of aliphatic hydroxyl groups excluding tert-OH is 1. The predicted molar refractivity (Wildman–Crippen MR) is 122 cm³/mol. The number of nitrogens with zero attached hydrogens (tertiary/aromatic N) is 3. The van der Waals surface area contributed by atoms with Crippen molar-refractivity contribution in [3.63, 3.8) is 0 Å². The lowest BCUT2D eigenvalue weighted by Crippen LogP contribution is -2.26. The zero-order chi connectivity index (χ0) is 22.8. The number of benzene rings is 1. The fourth-order valence-corrected chi connectivity index (χ4v) is 3.55. The number of nitrogens with one attached hydrogen (secondary N) is 2. The van der Waals surface area contributed by atoms with Crippen LogP contribution in [0.5, 0.6) is 0 Å². The Morgan fingerprint density at radius 3 is 2.69 bits per heavy atom. The number of carbonyl (C=O) groups is 1. The Morgan fingerprint density at radius 2 is 2.03 bits per heavy atom. The fraction of sp³-hybridized carbons (Fsp3) is 0.375. The van der Waals surface area contributed by atoms with E-state index in [0.717, 1.165) is 41.6 Å². The number of carbonyl (C=O) groups excluding carboxylic acids is 1. The van der Waals surface area contributed by atoms with Crippen molar-refractivity contribution in [1.82, 2.24) is 20.1 Å². The van der Waals surface area contributed by atoms with E-state index in [1.165, 1.54) is 6.07 Å². The number of aromatic nitrogens is 3. The van der Waals surface area contributed by atoms with Gasteiger partial charge in [-0.25, -0.2) is 9.37 Å². The van der Waals surface area contributed by atoms with Crippen LogP contribution in [-0.2, 0) is 6.54 Å². The number of hydrogen-bond acceptors (Lipinski definition) is 5. The second-order valence-electron chi connectivity index (χ2n) is 8.33. The smallest absolute Gasteiger partial charge is 0.254 e. The maximum atomic E-state index is 14.6. The molecule has 3 aromatic rings. The molecule has 1 saturated carbocycles. The van der Waals surface area contributed by atoms with E-state index in [1.54, 1.807) is 18.5 Å². The first kappa shape index (κ1) is 22.0. The summed E-state index contributed by atoms with van der Waals surface area (Å²) in [7, 11) is 0. The molecule has 0 saturated heterocycles. The number of anilines is 1. The first-order valence-electron chi connectivity index (χ1n) is 10.9. The summed E-state index contributed by atoms with van der Waals surface area (Å²) in [5.41, 5.74) is 3.95. The Morgan fingerprint density at radius 1 is 1.25 bits per heavy atom. The van der Waals surface area contributed by atoms with Crippen LogP contribution in [0, 0.1) is 12.7 Å². The average Bonchev–Trinajstić information content (AvgIpc) is 3.46. The lowest BCUT2D eigenvalue weighted by atomic mass is 9.96. The van der Waals surface area contributed by atoms with Gasteiger partial charge in [0.25, 0.3) is 5.91 Å². The summed E-state index contributed by atoms with van der Waals surface area (Å²) in [4.78, 5) is 17.1. The fourth-order valence-electron chi connectivity index (χ4n) is 3.55. The van der Waals surface area contributed by atoms with Crippen LogP contribution in [-0.4, -0.2) is 44.5 Å². The predicted octanol–water partition coefficient (Wildman–Crippen LogP) is 3.76. The van der Waals surface area contributed by atoms with Crippen molar-refractivity contribution in [2.75, 3.05) is 11.9 Å². The van der Waals surface area contributed by atoms with Gasteiger partial charge < -0.3 is 15.7 Å². The van der Waals surface area contributed by atoms with Crippen molar-refractivity contribution in [2.45, 2.75) is 52.2 Å². The van der Waals surface area contributed by atoms with Crippen LogP contribution in [0.3, 0.4) is 0 Å².